The molecule has 0 aromatic rings. The fraction of sp³-hybridized carbons (Fsp3) is 0.643. The molecule has 0 bridgehead atoms. The van der Waals surface area contributed by atoms with E-state index < -0.39 is 5.79 Å². The lowest BCUT2D eigenvalue weighted by Gasteiger charge is -2.44. The van der Waals surface area contributed by atoms with E-state index in [0.717, 1.165) is 25.7 Å². The van der Waals surface area contributed by atoms with Crippen molar-refractivity contribution >= 4 is 5.78 Å². The van der Waals surface area contributed by atoms with Crippen molar-refractivity contribution in [2.75, 3.05) is 13.2 Å². The summed E-state index contributed by atoms with van der Waals surface area (Å²) in [6, 6.07) is 0. The molecule has 1 aliphatic heterocycles. The van der Waals surface area contributed by atoms with Crippen molar-refractivity contribution in [2.45, 2.75) is 37.9 Å². The van der Waals surface area contributed by atoms with E-state index in [4.69, 9.17) is 9.47 Å². The monoisotopic (exact) mass is 234 g/mol. The van der Waals surface area contributed by atoms with Gasteiger partial charge < -0.3 is 9.47 Å². The van der Waals surface area contributed by atoms with Crippen LogP contribution in [0, 0.1) is 5.41 Å². The largest absolute Gasteiger partial charge is 0.347 e. The summed E-state index contributed by atoms with van der Waals surface area (Å²) in [6.07, 6.45) is 7.81. The summed E-state index contributed by atoms with van der Waals surface area (Å²) in [6.45, 7) is 5.19. The smallest absolute Gasteiger partial charge is 0.169 e. The molecule has 3 nitrogen and oxygen atoms in total. The Kier molecular flexibility index (Phi) is 2.49. The van der Waals surface area contributed by atoms with Gasteiger partial charge in [-0.05, 0) is 18.9 Å². The van der Waals surface area contributed by atoms with Crippen molar-refractivity contribution in [3.63, 3.8) is 0 Å². The summed E-state index contributed by atoms with van der Waals surface area (Å²) in [5, 5.41) is 0. The molecule has 3 rings (SSSR count). The van der Waals surface area contributed by atoms with Crippen molar-refractivity contribution in [2.24, 2.45) is 5.41 Å². The number of carbonyl (C=O) groups is 1. The zero-order valence-corrected chi connectivity index (χ0v) is 10.0. The first-order chi connectivity index (χ1) is 8.18. The lowest BCUT2D eigenvalue weighted by molar-refractivity contribution is -0.191. The van der Waals surface area contributed by atoms with Gasteiger partial charge in [0.25, 0.3) is 0 Å². The fourth-order valence-corrected chi connectivity index (χ4v) is 3.58. The summed E-state index contributed by atoms with van der Waals surface area (Å²) < 4.78 is 11.6. The minimum absolute atomic E-state index is 0.0680. The minimum atomic E-state index is -0.426. The van der Waals surface area contributed by atoms with Crippen molar-refractivity contribution in [3.8, 4) is 0 Å². The maximum atomic E-state index is 11.7. The third kappa shape index (κ3) is 1.69. The highest BCUT2D eigenvalue weighted by atomic mass is 16.7. The Balaban J connectivity index is 1.91. The maximum absolute atomic E-state index is 11.7. The van der Waals surface area contributed by atoms with Crippen LogP contribution in [0.4, 0.5) is 0 Å². The molecule has 2 fully saturated rings. The Morgan fingerprint density at radius 3 is 2.88 bits per heavy atom. The maximum Gasteiger partial charge on any atom is 0.169 e. The molecular weight excluding hydrogens is 216 g/mol. The SMILES string of the molecule is C=CC[C@@]12CC(=O)C=C1CCC1(C2)OCCO1. The van der Waals surface area contributed by atoms with E-state index in [1.165, 1.54) is 5.57 Å². The molecule has 3 aliphatic rings. The second-order valence-electron chi connectivity index (χ2n) is 5.37. The van der Waals surface area contributed by atoms with E-state index in [9.17, 15) is 4.79 Å². The molecule has 0 amide bonds. The van der Waals surface area contributed by atoms with Crippen molar-refractivity contribution < 1.29 is 14.3 Å². The van der Waals surface area contributed by atoms with Crippen LogP contribution in [0.3, 0.4) is 0 Å². The van der Waals surface area contributed by atoms with E-state index in [0.29, 0.717) is 19.6 Å². The fourth-order valence-electron chi connectivity index (χ4n) is 3.58. The van der Waals surface area contributed by atoms with Gasteiger partial charge in [0.1, 0.15) is 0 Å². The molecule has 92 valence electrons. The molecule has 0 unspecified atom stereocenters. The topological polar surface area (TPSA) is 35.5 Å². The molecule has 1 saturated carbocycles. The zero-order chi connectivity index (χ0) is 11.9. The highest BCUT2D eigenvalue weighted by molar-refractivity contribution is 5.94. The van der Waals surface area contributed by atoms with Crippen LogP contribution in [0.5, 0.6) is 0 Å². The number of hydrogen-bond acceptors (Lipinski definition) is 3. The van der Waals surface area contributed by atoms with Gasteiger partial charge in [-0.15, -0.1) is 6.58 Å². The standard InChI is InChI=1S/C14H18O3/c1-2-4-13-9-12(15)8-11(13)3-5-14(10-13)16-6-7-17-14/h2,8H,1,3-7,9-10H2/t13-/m0/s1. The normalized spacial score (nSPS) is 34.8. The number of fused-ring (bicyclic) bond motifs is 1. The van der Waals surface area contributed by atoms with Crippen LogP contribution in [0.2, 0.25) is 0 Å². The van der Waals surface area contributed by atoms with E-state index in [1.807, 2.05) is 12.2 Å². The Bertz CT molecular complexity index is 390. The van der Waals surface area contributed by atoms with Crippen LogP contribution in [0.25, 0.3) is 0 Å². The van der Waals surface area contributed by atoms with Crippen molar-refractivity contribution in [3.05, 3.63) is 24.3 Å². The first-order valence-corrected chi connectivity index (χ1v) is 6.31. The summed E-state index contributed by atoms with van der Waals surface area (Å²) in [5.41, 5.74) is 1.22. The van der Waals surface area contributed by atoms with Gasteiger partial charge in [-0.2, -0.15) is 0 Å². The Hall–Kier alpha value is -0.930. The molecule has 1 spiro atoms. The van der Waals surface area contributed by atoms with Crippen LogP contribution in [0.1, 0.15) is 32.1 Å². The van der Waals surface area contributed by atoms with E-state index in [1.54, 1.807) is 0 Å². The number of allylic oxidation sites excluding steroid dienone is 3. The van der Waals surface area contributed by atoms with Crippen molar-refractivity contribution in [1.82, 2.24) is 0 Å². The molecule has 1 atom stereocenters. The first kappa shape index (κ1) is 11.2. The zero-order valence-electron chi connectivity index (χ0n) is 10.0. The molecule has 17 heavy (non-hydrogen) atoms. The molecule has 0 radical (unpaired) electrons. The molecule has 1 heterocycles. The molecule has 0 aromatic carbocycles. The molecule has 1 saturated heterocycles. The molecule has 0 aromatic heterocycles. The van der Waals surface area contributed by atoms with Gasteiger partial charge in [-0.25, -0.2) is 0 Å². The van der Waals surface area contributed by atoms with Gasteiger partial charge >= 0.3 is 0 Å². The van der Waals surface area contributed by atoms with Gasteiger partial charge in [0, 0.05) is 24.7 Å². The third-order valence-corrected chi connectivity index (χ3v) is 4.26. The molecular formula is C14H18O3. The quantitative estimate of drug-likeness (QED) is 0.688. The third-order valence-electron chi connectivity index (χ3n) is 4.26. The number of ether oxygens (including phenoxy) is 2. The van der Waals surface area contributed by atoms with Gasteiger partial charge in [0.2, 0.25) is 0 Å². The predicted molar refractivity (Wildman–Crippen MR) is 63.4 cm³/mol. The first-order valence-electron chi connectivity index (χ1n) is 6.31. The lowest BCUT2D eigenvalue weighted by Crippen LogP contribution is -2.42. The Labute approximate surface area is 101 Å². The highest BCUT2D eigenvalue weighted by Crippen LogP contribution is 2.55. The Morgan fingerprint density at radius 2 is 2.18 bits per heavy atom. The van der Waals surface area contributed by atoms with Gasteiger partial charge in [-0.1, -0.05) is 11.6 Å². The number of carbonyl (C=O) groups excluding carboxylic acids is 1. The number of hydrogen-bond donors (Lipinski definition) is 0. The summed E-state index contributed by atoms with van der Waals surface area (Å²) in [5.74, 6) is -0.178. The second-order valence-corrected chi connectivity index (χ2v) is 5.37. The minimum Gasteiger partial charge on any atom is -0.347 e. The number of rotatable bonds is 2. The molecule has 0 N–H and O–H groups in total. The van der Waals surface area contributed by atoms with Gasteiger partial charge in [0.15, 0.2) is 11.6 Å². The van der Waals surface area contributed by atoms with E-state index >= 15 is 0 Å². The molecule has 3 heteroatoms. The average Bonchev–Trinajstić information content (AvgIpc) is 2.83. The van der Waals surface area contributed by atoms with Crippen molar-refractivity contribution in [1.29, 1.82) is 0 Å². The van der Waals surface area contributed by atoms with Crippen LogP contribution in [-0.4, -0.2) is 24.8 Å². The van der Waals surface area contributed by atoms with E-state index in [-0.39, 0.29) is 11.2 Å². The highest BCUT2D eigenvalue weighted by Gasteiger charge is 2.52. The van der Waals surface area contributed by atoms with Gasteiger partial charge in [-0.3, -0.25) is 4.79 Å². The van der Waals surface area contributed by atoms with E-state index in [2.05, 4.69) is 6.58 Å². The Morgan fingerprint density at radius 1 is 1.41 bits per heavy atom. The van der Waals surface area contributed by atoms with Crippen LogP contribution < -0.4 is 0 Å². The predicted octanol–water partition coefficient (Wildman–Crippen LogP) is 2.38. The molecule has 2 aliphatic carbocycles. The second kappa shape index (κ2) is 3.79. The number of ketones is 1. The van der Waals surface area contributed by atoms with Crippen LogP contribution >= 0.6 is 0 Å². The average molecular weight is 234 g/mol. The van der Waals surface area contributed by atoms with Crippen LogP contribution in [0.15, 0.2) is 24.3 Å². The van der Waals surface area contributed by atoms with Gasteiger partial charge in [0.05, 0.1) is 13.2 Å². The summed E-state index contributed by atoms with van der Waals surface area (Å²) in [7, 11) is 0. The summed E-state index contributed by atoms with van der Waals surface area (Å²) in [4.78, 5) is 11.7. The lowest BCUT2D eigenvalue weighted by atomic mass is 9.67. The summed E-state index contributed by atoms with van der Waals surface area (Å²) >= 11 is 0. The van der Waals surface area contributed by atoms with Crippen LogP contribution in [-0.2, 0) is 14.3 Å².